The highest BCUT2D eigenvalue weighted by atomic mass is 35.5. The van der Waals surface area contributed by atoms with Crippen LogP contribution in [-0.2, 0) is 0 Å². The van der Waals surface area contributed by atoms with Gasteiger partial charge in [-0.05, 0) is 25.1 Å². The van der Waals surface area contributed by atoms with Crippen LogP contribution >= 0.6 is 23.2 Å². The summed E-state index contributed by atoms with van der Waals surface area (Å²) in [6.07, 6.45) is 0. The smallest absolute Gasteiger partial charge is 0.160 e. The lowest BCUT2D eigenvalue weighted by Gasteiger charge is -2.09. The molecule has 0 atom stereocenters. The molecule has 0 aliphatic heterocycles. The van der Waals surface area contributed by atoms with E-state index < -0.39 is 0 Å². The van der Waals surface area contributed by atoms with Crippen molar-refractivity contribution in [3.63, 3.8) is 0 Å². The first kappa shape index (κ1) is 14.1. The molecule has 3 aromatic rings. The zero-order chi connectivity index (χ0) is 15.0. The van der Waals surface area contributed by atoms with Crippen molar-refractivity contribution >= 4 is 39.9 Å². The third-order valence-corrected chi connectivity index (χ3v) is 3.79. The molecule has 0 N–H and O–H groups in total. The number of hydrogen-bond acceptors (Lipinski definition) is 2. The Hall–Kier alpha value is -1.90. The third-order valence-electron chi connectivity index (χ3n) is 3.28. The molecule has 2 nitrogen and oxygen atoms in total. The van der Waals surface area contributed by atoms with E-state index in [1.807, 2.05) is 30.3 Å². The minimum Gasteiger partial charge on any atom is -0.294 e. The number of ketones is 1. The molecule has 0 aliphatic rings. The quantitative estimate of drug-likeness (QED) is 0.592. The summed E-state index contributed by atoms with van der Waals surface area (Å²) in [5.74, 6) is -0.0436. The molecule has 2 aromatic carbocycles. The van der Waals surface area contributed by atoms with Crippen LogP contribution < -0.4 is 0 Å². The number of halogens is 2. The molecular formula is C17H11Cl2NO. The summed E-state index contributed by atoms with van der Waals surface area (Å²) in [7, 11) is 0. The van der Waals surface area contributed by atoms with Gasteiger partial charge in [0.05, 0.1) is 16.2 Å². The first-order chi connectivity index (χ1) is 10.1. The lowest BCUT2D eigenvalue weighted by Crippen LogP contribution is -1.98. The van der Waals surface area contributed by atoms with Crippen LogP contribution in [0.25, 0.3) is 22.2 Å². The van der Waals surface area contributed by atoms with E-state index in [2.05, 4.69) is 4.98 Å². The van der Waals surface area contributed by atoms with E-state index in [-0.39, 0.29) is 5.78 Å². The zero-order valence-electron chi connectivity index (χ0n) is 11.2. The molecule has 0 unspecified atom stereocenters. The molecular weight excluding hydrogens is 305 g/mol. The molecule has 0 bridgehead atoms. The van der Waals surface area contributed by atoms with Crippen molar-refractivity contribution < 1.29 is 4.79 Å². The highest BCUT2D eigenvalue weighted by molar-refractivity contribution is 6.38. The van der Waals surface area contributed by atoms with Crippen molar-refractivity contribution in [2.24, 2.45) is 0 Å². The summed E-state index contributed by atoms with van der Waals surface area (Å²) < 4.78 is 0. The number of hydrogen-bond donors (Lipinski definition) is 0. The maximum Gasteiger partial charge on any atom is 0.160 e. The first-order valence-corrected chi connectivity index (χ1v) is 7.18. The maximum atomic E-state index is 12.0. The highest BCUT2D eigenvalue weighted by Crippen LogP contribution is 2.32. The van der Waals surface area contributed by atoms with Gasteiger partial charge in [0.25, 0.3) is 0 Å². The fourth-order valence-corrected chi connectivity index (χ4v) is 2.84. The molecule has 1 heterocycles. The van der Waals surface area contributed by atoms with Gasteiger partial charge in [-0.1, -0.05) is 53.5 Å². The number of rotatable bonds is 2. The average molecular weight is 316 g/mol. The van der Waals surface area contributed by atoms with E-state index in [1.54, 1.807) is 18.2 Å². The van der Waals surface area contributed by atoms with Gasteiger partial charge in [-0.15, -0.1) is 0 Å². The van der Waals surface area contributed by atoms with Crippen LogP contribution in [0.5, 0.6) is 0 Å². The Morgan fingerprint density at radius 2 is 1.76 bits per heavy atom. The number of benzene rings is 2. The summed E-state index contributed by atoms with van der Waals surface area (Å²) in [5.41, 5.74) is 2.82. The SMILES string of the molecule is CC(=O)c1cc(-c2ccccc2)nc2c(Cl)cc(Cl)cc12. The van der Waals surface area contributed by atoms with Crippen LogP contribution in [0, 0.1) is 0 Å². The van der Waals surface area contributed by atoms with Crippen molar-refractivity contribution in [2.75, 3.05) is 0 Å². The number of fused-ring (bicyclic) bond motifs is 1. The van der Waals surface area contributed by atoms with Crippen molar-refractivity contribution in [3.05, 3.63) is 64.1 Å². The van der Waals surface area contributed by atoms with Crippen molar-refractivity contribution in [1.29, 1.82) is 0 Å². The van der Waals surface area contributed by atoms with Crippen molar-refractivity contribution in [3.8, 4) is 11.3 Å². The fourth-order valence-electron chi connectivity index (χ4n) is 2.30. The van der Waals surface area contributed by atoms with E-state index in [4.69, 9.17) is 23.2 Å². The molecule has 0 fully saturated rings. The monoisotopic (exact) mass is 315 g/mol. The Morgan fingerprint density at radius 3 is 2.43 bits per heavy atom. The molecule has 21 heavy (non-hydrogen) atoms. The van der Waals surface area contributed by atoms with E-state index in [0.29, 0.717) is 26.5 Å². The number of Topliss-reactive ketones (excluding diaryl/α,β-unsaturated/α-hetero) is 1. The molecule has 0 saturated heterocycles. The predicted molar refractivity (Wildman–Crippen MR) is 87.2 cm³/mol. The molecule has 0 spiro atoms. The molecule has 0 aliphatic carbocycles. The summed E-state index contributed by atoms with van der Waals surface area (Å²) in [4.78, 5) is 16.5. The topological polar surface area (TPSA) is 30.0 Å². The second-order valence-corrected chi connectivity index (χ2v) is 5.60. The van der Waals surface area contributed by atoms with Gasteiger partial charge in [-0.3, -0.25) is 4.79 Å². The molecule has 0 saturated carbocycles. The van der Waals surface area contributed by atoms with Crippen LogP contribution in [0.1, 0.15) is 17.3 Å². The Labute approximate surface area is 132 Å². The van der Waals surface area contributed by atoms with Gasteiger partial charge in [0.2, 0.25) is 0 Å². The van der Waals surface area contributed by atoms with Gasteiger partial charge in [0, 0.05) is 21.5 Å². The molecule has 0 amide bonds. The van der Waals surface area contributed by atoms with Crippen LogP contribution in [0.4, 0.5) is 0 Å². The van der Waals surface area contributed by atoms with E-state index >= 15 is 0 Å². The van der Waals surface area contributed by atoms with E-state index in [1.165, 1.54) is 6.92 Å². The van der Waals surface area contributed by atoms with Gasteiger partial charge < -0.3 is 0 Å². The van der Waals surface area contributed by atoms with Gasteiger partial charge >= 0.3 is 0 Å². The number of nitrogens with zero attached hydrogens (tertiary/aromatic N) is 1. The van der Waals surface area contributed by atoms with Crippen LogP contribution in [0.15, 0.2) is 48.5 Å². The summed E-state index contributed by atoms with van der Waals surface area (Å²) >= 11 is 12.3. The molecule has 4 heteroatoms. The number of pyridine rings is 1. The Balaban J connectivity index is 2.38. The number of carbonyl (C=O) groups excluding carboxylic acids is 1. The Kier molecular flexibility index (Phi) is 3.66. The zero-order valence-corrected chi connectivity index (χ0v) is 12.7. The van der Waals surface area contributed by atoms with Crippen LogP contribution in [0.2, 0.25) is 10.0 Å². The van der Waals surface area contributed by atoms with E-state index in [9.17, 15) is 4.79 Å². The number of aromatic nitrogens is 1. The number of carbonyl (C=O) groups is 1. The summed E-state index contributed by atoms with van der Waals surface area (Å²) in [6, 6.07) is 14.8. The Morgan fingerprint density at radius 1 is 1.05 bits per heavy atom. The lowest BCUT2D eigenvalue weighted by atomic mass is 10.0. The largest absolute Gasteiger partial charge is 0.294 e. The van der Waals surface area contributed by atoms with E-state index in [0.717, 1.165) is 11.3 Å². The molecule has 0 radical (unpaired) electrons. The minimum absolute atomic E-state index is 0.0436. The fraction of sp³-hybridized carbons (Fsp3) is 0.0588. The van der Waals surface area contributed by atoms with Crippen molar-refractivity contribution in [1.82, 2.24) is 4.98 Å². The standard InChI is InChI=1S/C17H11Cl2NO/c1-10(21)13-9-16(11-5-3-2-4-6-11)20-17-14(13)7-12(18)8-15(17)19/h2-9H,1H3. The minimum atomic E-state index is -0.0436. The maximum absolute atomic E-state index is 12.0. The second-order valence-electron chi connectivity index (χ2n) is 4.76. The van der Waals surface area contributed by atoms with Crippen LogP contribution in [0.3, 0.4) is 0 Å². The third kappa shape index (κ3) is 2.65. The molecule has 104 valence electrons. The molecule has 1 aromatic heterocycles. The van der Waals surface area contributed by atoms with Gasteiger partial charge in [-0.2, -0.15) is 0 Å². The van der Waals surface area contributed by atoms with Crippen LogP contribution in [-0.4, -0.2) is 10.8 Å². The summed E-state index contributed by atoms with van der Waals surface area (Å²) in [6.45, 7) is 1.53. The predicted octanol–water partition coefficient (Wildman–Crippen LogP) is 5.41. The molecule has 3 rings (SSSR count). The van der Waals surface area contributed by atoms with Gasteiger partial charge in [0.1, 0.15) is 0 Å². The second kappa shape index (κ2) is 5.47. The normalized spacial score (nSPS) is 10.8. The first-order valence-electron chi connectivity index (χ1n) is 6.42. The highest BCUT2D eigenvalue weighted by Gasteiger charge is 2.13. The Bertz CT molecular complexity index is 844. The van der Waals surface area contributed by atoms with Crippen molar-refractivity contribution in [2.45, 2.75) is 6.92 Å². The average Bonchev–Trinajstić information content (AvgIpc) is 2.47. The van der Waals surface area contributed by atoms with Gasteiger partial charge in [-0.25, -0.2) is 4.98 Å². The van der Waals surface area contributed by atoms with Gasteiger partial charge in [0.15, 0.2) is 5.78 Å². The lowest BCUT2D eigenvalue weighted by molar-refractivity contribution is 0.101. The summed E-state index contributed by atoms with van der Waals surface area (Å²) in [5, 5.41) is 1.61.